The van der Waals surface area contributed by atoms with Crippen LogP contribution in [-0.2, 0) is 20.9 Å². The number of amides is 3. The summed E-state index contributed by atoms with van der Waals surface area (Å²) in [7, 11) is 0. The van der Waals surface area contributed by atoms with Gasteiger partial charge < -0.3 is 20.3 Å². The van der Waals surface area contributed by atoms with E-state index in [1.807, 2.05) is 82.3 Å². The van der Waals surface area contributed by atoms with Crippen molar-refractivity contribution in [3.63, 3.8) is 0 Å². The monoisotopic (exact) mass is 520 g/mol. The molecule has 2 atom stereocenters. The molecular formula is C30H40N4O4. The van der Waals surface area contributed by atoms with Crippen LogP contribution < -0.4 is 10.6 Å². The van der Waals surface area contributed by atoms with Crippen LogP contribution in [0.2, 0.25) is 0 Å². The predicted molar refractivity (Wildman–Crippen MR) is 147 cm³/mol. The van der Waals surface area contributed by atoms with Gasteiger partial charge in [-0.3, -0.25) is 9.59 Å². The number of alkyl carbamates (subject to hydrolysis) is 1. The third kappa shape index (κ3) is 9.22. The molecule has 0 bridgehead atoms. The summed E-state index contributed by atoms with van der Waals surface area (Å²) in [6.07, 6.45) is -0.421. The molecule has 2 N–H and O–H groups in total. The number of hydrogen-bond donors (Lipinski definition) is 2. The largest absolute Gasteiger partial charge is 0.444 e. The Hall–Kier alpha value is -3.86. The van der Waals surface area contributed by atoms with E-state index in [4.69, 9.17) is 4.74 Å². The number of ether oxygens (including phenoxy) is 1. The number of nitriles is 1. The molecule has 0 saturated heterocycles. The van der Waals surface area contributed by atoms with E-state index in [2.05, 4.69) is 10.6 Å². The van der Waals surface area contributed by atoms with E-state index >= 15 is 0 Å². The van der Waals surface area contributed by atoms with Crippen LogP contribution in [0.4, 0.5) is 4.79 Å². The van der Waals surface area contributed by atoms with Crippen molar-refractivity contribution in [3.8, 4) is 6.07 Å². The van der Waals surface area contributed by atoms with Gasteiger partial charge in [0, 0.05) is 6.54 Å². The van der Waals surface area contributed by atoms with Crippen LogP contribution in [0.5, 0.6) is 0 Å². The lowest BCUT2D eigenvalue weighted by Crippen LogP contribution is -2.53. The molecule has 2 unspecified atom stereocenters. The van der Waals surface area contributed by atoms with Crippen molar-refractivity contribution < 1.29 is 19.1 Å². The molecule has 0 fully saturated rings. The fourth-order valence-electron chi connectivity index (χ4n) is 4.10. The van der Waals surface area contributed by atoms with E-state index in [9.17, 15) is 19.6 Å². The van der Waals surface area contributed by atoms with E-state index in [-0.39, 0.29) is 19.0 Å². The first-order valence-corrected chi connectivity index (χ1v) is 12.9. The maximum absolute atomic E-state index is 14.0. The Morgan fingerprint density at radius 3 is 2.29 bits per heavy atom. The Labute approximate surface area is 226 Å². The van der Waals surface area contributed by atoms with E-state index in [0.717, 1.165) is 16.7 Å². The topological polar surface area (TPSA) is 112 Å². The molecule has 0 spiro atoms. The van der Waals surface area contributed by atoms with Crippen molar-refractivity contribution in [2.45, 2.75) is 79.1 Å². The Morgan fingerprint density at radius 2 is 1.71 bits per heavy atom. The maximum atomic E-state index is 14.0. The molecule has 2 aromatic rings. The van der Waals surface area contributed by atoms with Crippen LogP contribution in [-0.4, -0.2) is 41.0 Å². The van der Waals surface area contributed by atoms with Gasteiger partial charge in [-0.2, -0.15) is 5.26 Å². The summed E-state index contributed by atoms with van der Waals surface area (Å²) in [5, 5.41) is 15.3. The zero-order valence-electron chi connectivity index (χ0n) is 23.5. The number of carbonyl (C=O) groups excluding carboxylic acids is 3. The number of hydrogen-bond acceptors (Lipinski definition) is 5. The highest BCUT2D eigenvalue weighted by atomic mass is 16.6. The molecular weight excluding hydrogens is 480 g/mol. The van der Waals surface area contributed by atoms with Gasteiger partial charge in [0.25, 0.3) is 0 Å². The molecule has 38 heavy (non-hydrogen) atoms. The molecule has 204 valence electrons. The second kappa shape index (κ2) is 13.6. The molecule has 0 aliphatic rings. The first kappa shape index (κ1) is 30.4. The number of aryl methyl sites for hydroxylation is 2. The minimum Gasteiger partial charge on any atom is -0.444 e. The third-order valence-electron chi connectivity index (χ3n) is 5.82. The van der Waals surface area contributed by atoms with Crippen LogP contribution >= 0.6 is 0 Å². The van der Waals surface area contributed by atoms with Gasteiger partial charge in [-0.05, 0) is 63.6 Å². The average Bonchev–Trinajstić information content (AvgIpc) is 2.82. The fourth-order valence-corrected chi connectivity index (χ4v) is 4.10. The van der Waals surface area contributed by atoms with Crippen molar-refractivity contribution in [3.05, 3.63) is 70.8 Å². The quantitative estimate of drug-likeness (QED) is 0.431. The highest BCUT2D eigenvalue weighted by Crippen LogP contribution is 2.27. The Kier molecular flexibility index (Phi) is 10.9. The normalized spacial score (nSPS) is 12.7. The van der Waals surface area contributed by atoms with Crippen LogP contribution in [0.3, 0.4) is 0 Å². The average molecular weight is 521 g/mol. The number of nitrogens with one attached hydrogen (secondary N) is 2. The second-order valence-electron chi connectivity index (χ2n) is 10.9. The molecule has 8 heteroatoms. The van der Waals surface area contributed by atoms with Crippen molar-refractivity contribution in [1.29, 1.82) is 5.26 Å². The summed E-state index contributed by atoms with van der Waals surface area (Å²) in [4.78, 5) is 41.6. The summed E-state index contributed by atoms with van der Waals surface area (Å²) < 4.78 is 5.39. The Morgan fingerprint density at radius 1 is 1.05 bits per heavy atom. The summed E-state index contributed by atoms with van der Waals surface area (Å²) >= 11 is 0. The molecule has 3 amide bonds. The standard InChI is InChI=1S/C30H40N4O4/c1-20(2)17-25(33-29(37)38-30(5,6)7)28(36)34(16-15-31)26(24-18-21(3)13-14-22(24)4)27(35)32-19-23-11-9-8-10-12-23/h8-14,18,20,25-26H,16-17,19H2,1-7H3,(H,32,35)(H,33,37). The van der Waals surface area contributed by atoms with E-state index in [1.54, 1.807) is 20.8 Å². The van der Waals surface area contributed by atoms with Gasteiger partial charge in [-0.25, -0.2) is 4.79 Å². The van der Waals surface area contributed by atoms with Gasteiger partial charge in [0.1, 0.15) is 24.2 Å². The SMILES string of the molecule is Cc1ccc(C)c(C(C(=O)NCc2ccccc2)N(CC#N)C(=O)C(CC(C)C)NC(=O)OC(C)(C)C)c1. The lowest BCUT2D eigenvalue weighted by Gasteiger charge is -2.34. The fraction of sp³-hybridized carbons (Fsp3) is 0.467. The van der Waals surface area contributed by atoms with Crippen molar-refractivity contribution in [1.82, 2.24) is 15.5 Å². The van der Waals surface area contributed by atoms with Gasteiger partial charge in [0.2, 0.25) is 11.8 Å². The number of rotatable bonds is 10. The highest BCUT2D eigenvalue weighted by Gasteiger charge is 2.37. The molecule has 0 radical (unpaired) electrons. The second-order valence-corrected chi connectivity index (χ2v) is 10.9. The van der Waals surface area contributed by atoms with Crippen molar-refractivity contribution in [2.75, 3.05) is 6.54 Å². The Bertz CT molecular complexity index is 1150. The van der Waals surface area contributed by atoms with Crippen molar-refractivity contribution in [2.24, 2.45) is 5.92 Å². The molecule has 0 saturated carbocycles. The molecule has 2 aromatic carbocycles. The van der Waals surface area contributed by atoms with Crippen LogP contribution in [0.1, 0.15) is 69.3 Å². The molecule has 0 heterocycles. The van der Waals surface area contributed by atoms with Gasteiger partial charge >= 0.3 is 6.09 Å². The van der Waals surface area contributed by atoms with E-state index in [0.29, 0.717) is 12.0 Å². The summed E-state index contributed by atoms with van der Waals surface area (Å²) in [5.41, 5.74) is 2.51. The molecule has 0 aromatic heterocycles. The smallest absolute Gasteiger partial charge is 0.408 e. The number of benzene rings is 2. The van der Waals surface area contributed by atoms with Crippen LogP contribution in [0.15, 0.2) is 48.5 Å². The molecule has 0 aliphatic heterocycles. The van der Waals surface area contributed by atoms with Gasteiger partial charge in [-0.15, -0.1) is 0 Å². The lowest BCUT2D eigenvalue weighted by molar-refractivity contribution is -0.142. The predicted octanol–water partition coefficient (Wildman–Crippen LogP) is 4.95. The van der Waals surface area contributed by atoms with E-state index in [1.165, 1.54) is 4.90 Å². The first-order chi connectivity index (χ1) is 17.8. The minimum absolute atomic E-state index is 0.0499. The van der Waals surface area contributed by atoms with Crippen molar-refractivity contribution >= 4 is 17.9 Å². The third-order valence-corrected chi connectivity index (χ3v) is 5.82. The number of carbonyl (C=O) groups is 3. The molecule has 8 nitrogen and oxygen atoms in total. The zero-order valence-corrected chi connectivity index (χ0v) is 23.5. The summed E-state index contributed by atoms with van der Waals surface area (Å²) in [6, 6.07) is 15.1. The highest BCUT2D eigenvalue weighted by molar-refractivity contribution is 5.92. The summed E-state index contributed by atoms with van der Waals surface area (Å²) in [6.45, 7) is 12.8. The number of nitrogens with zero attached hydrogens (tertiary/aromatic N) is 2. The zero-order chi connectivity index (χ0) is 28.5. The van der Waals surface area contributed by atoms with E-state index < -0.39 is 35.6 Å². The van der Waals surface area contributed by atoms with Gasteiger partial charge in [-0.1, -0.05) is 67.9 Å². The van der Waals surface area contributed by atoms with Crippen LogP contribution in [0, 0.1) is 31.1 Å². The lowest BCUT2D eigenvalue weighted by atomic mass is 9.95. The van der Waals surface area contributed by atoms with Crippen LogP contribution in [0.25, 0.3) is 0 Å². The molecule has 0 aliphatic carbocycles. The minimum atomic E-state index is -1.07. The Balaban J connectivity index is 2.49. The maximum Gasteiger partial charge on any atom is 0.408 e. The van der Waals surface area contributed by atoms with Gasteiger partial charge in [0.05, 0.1) is 6.07 Å². The summed E-state index contributed by atoms with van der Waals surface area (Å²) in [5.74, 6) is -0.882. The van der Waals surface area contributed by atoms with Gasteiger partial charge in [0.15, 0.2) is 0 Å². The molecule has 2 rings (SSSR count). The first-order valence-electron chi connectivity index (χ1n) is 12.9.